The largest absolute Gasteiger partial charge is 0.490 e. The summed E-state index contributed by atoms with van der Waals surface area (Å²) in [5.74, 6) is 0.711. The van der Waals surface area contributed by atoms with E-state index in [9.17, 15) is 10.1 Å². The van der Waals surface area contributed by atoms with Crippen LogP contribution in [0.15, 0.2) is 79.1 Å². The summed E-state index contributed by atoms with van der Waals surface area (Å²) in [6, 6.07) is 20.1. The Morgan fingerprint density at radius 2 is 1.97 bits per heavy atom. The van der Waals surface area contributed by atoms with E-state index in [1.165, 1.54) is 6.21 Å². The quantitative estimate of drug-likeness (QED) is 0.183. The number of amides is 1. The van der Waals surface area contributed by atoms with Crippen LogP contribution >= 0.6 is 31.9 Å². The van der Waals surface area contributed by atoms with E-state index < -0.39 is 5.91 Å². The van der Waals surface area contributed by atoms with Crippen LogP contribution in [0.2, 0.25) is 0 Å². The zero-order valence-electron chi connectivity index (χ0n) is 18.5. The number of rotatable bonds is 8. The van der Waals surface area contributed by atoms with E-state index in [2.05, 4.69) is 48.5 Å². The van der Waals surface area contributed by atoms with E-state index in [-0.39, 0.29) is 12.4 Å². The number of hydrogen-bond acceptors (Lipinski definition) is 6. The molecule has 0 atom stereocenters. The number of nitriles is 1. The summed E-state index contributed by atoms with van der Waals surface area (Å²) >= 11 is 6.92. The van der Waals surface area contributed by atoms with Crippen molar-refractivity contribution >= 4 is 55.0 Å². The molecule has 35 heavy (non-hydrogen) atoms. The van der Waals surface area contributed by atoms with Crippen molar-refractivity contribution < 1.29 is 18.7 Å². The molecule has 4 rings (SSSR count). The zero-order chi connectivity index (χ0) is 24.8. The lowest BCUT2D eigenvalue weighted by Crippen LogP contribution is -2.16. The first kappa shape index (κ1) is 24.5. The predicted molar refractivity (Wildman–Crippen MR) is 140 cm³/mol. The van der Waals surface area contributed by atoms with Crippen molar-refractivity contribution in [3.05, 3.63) is 92.1 Å². The maximum Gasteiger partial charge on any atom is 0.307 e. The molecule has 0 unspecified atom stereocenters. The maximum atomic E-state index is 12.4. The molecule has 0 bridgehead atoms. The van der Waals surface area contributed by atoms with Gasteiger partial charge in [0.15, 0.2) is 17.3 Å². The van der Waals surface area contributed by atoms with Crippen molar-refractivity contribution in [1.82, 2.24) is 5.43 Å². The maximum absolute atomic E-state index is 12.4. The minimum atomic E-state index is -0.464. The molecule has 7 nitrogen and oxygen atoms in total. The number of nitrogens with one attached hydrogen (secondary N) is 1. The number of carbonyl (C=O) groups excluding carboxylic acids is 1. The number of carbonyl (C=O) groups is 1. The lowest BCUT2D eigenvalue weighted by Gasteiger charge is -2.15. The highest BCUT2D eigenvalue weighted by atomic mass is 79.9. The lowest BCUT2D eigenvalue weighted by atomic mass is 10.1. The summed E-state index contributed by atoms with van der Waals surface area (Å²) in [5, 5.41) is 14.2. The second kappa shape index (κ2) is 11.2. The molecule has 0 saturated heterocycles. The predicted octanol–water partition coefficient (Wildman–Crippen LogP) is 6.57. The van der Waals surface area contributed by atoms with E-state index >= 15 is 0 Å². The average molecular weight is 597 g/mol. The first-order valence-electron chi connectivity index (χ1n) is 10.6. The number of furan rings is 1. The molecule has 0 fully saturated rings. The molecule has 1 amide bonds. The van der Waals surface area contributed by atoms with Gasteiger partial charge in [0.25, 0.3) is 0 Å². The van der Waals surface area contributed by atoms with Gasteiger partial charge in [-0.15, -0.1) is 0 Å². The Morgan fingerprint density at radius 3 is 2.77 bits per heavy atom. The van der Waals surface area contributed by atoms with Crippen LogP contribution in [-0.4, -0.2) is 18.7 Å². The fraction of sp³-hybridized carbons (Fsp3) is 0.115. The fourth-order valence-corrected chi connectivity index (χ4v) is 4.27. The summed E-state index contributed by atoms with van der Waals surface area (Å²) in [6.45, 7) is 2.51. The standard InChI is InChI=1S/C26H19Br2N3O4/c1-2-33-23-10-16(9-21(28)25(23)34-15-18-6-4-3-5-17(18)13-29)14-30-31-26(32)24-12-19-11-20(27)7-8-22(19)35-24/h3-12,14H,2,15H2,1H3,(H,31,32)/b30-14+. The second-order valence-electron chi connectivity index (χ2n) is 7.31. The molecule has 4 aromatic rings. The summed E-state index contributed by atoms with van der Waals surface area (Å²) in [5.41, 5.74) is 5.09. The number of hydrogen-bond donors (Lipinski definition) is 1. The molecular formula is C26H19Br2N3O4. The summed E-state index contributed by atoms with van der Waals surface area (Å²) in [6.07, 6.45) is 1.50. The van der Waals surface area contributed by atoms with Gasteiger partial charge in [0, 0.05) is 15.4 Å². The summed E-state index contributed by atoms with van der Waals surface area (Å²) in [4.78, 5) is 12.4. The van der Waals surface area contributed by atoms with E-state index in [0.717, 1.165) is 15.4 Å². The van der Waals surface area contributed by atoms with E-state index in [4.69, 9.17) is 13.9 Å². The molecule has 0 aliphatic rings. The van der Waals surface area contributed by atoms with Crippen LogP contribution in [0.1, 0.15) is 34.2 Å². The molecule has 0 spiro atoms. The Morgan fingerprint density at radius 1 is 1.14 bits per heavy atom. The van der Waals surface area contributed by atoms with Crippen molar-refractivity contribution in [1.29, 1.82) is 5.26 Å². The van der Waals surface area contributed by atoms with Gasteiger partial charge in [0.1, 0.15) is 12.2 Å². The van der Waals surface area contributed by atoms with Crippen LogP contribution in [0.4, 0.5) is 0 Å². The van der Waals surface area contributed by atoms with Crippen molar-refractivity contribution in [2.24, 2.45) is 5.10 Å². The molecule has 0 aliphatic carbocycles. The molecule has 0 aliphatic heterocycles. The van der Waals surface area contributed by atoms with Crippen LogP contribution in [0.25, 0.3) is 11.0 Å². The van der Waals surface area contributed by atoms with Gasteiger partial charge >= 0.3 is 5.91 Å². The monoisotopic (exact) mass is 595 g/mol. The molecule has 1 aromatic heterocycles. The Balaban J connectivity index is 1.48. The van der Waals surface area contributed by atoms with Gasteiger partial charge in [0.2, 0.25) is 0 Å². The van der Waals surface area contributed by atoms with Crippen LogP contribution in [0.5, 0.6) is 11.5 Å². The molecule has 1 heterocycles. The Bertz CT molecular complexity index is 1460. The third-order valence-corrected chi connectivity index (χ3v) is 6.01. The smallest absolute Gasteiger partial charge is 0.307 e. The number of hydrazone groups is 1. The molecule has 176 valence electrons. The Kier molecular flexibility index (Phi) is 7.85. The van der Waals surface area contributed by atoms with Crippen molar-refractivity contribution in [2.45, 2.75) is 13.5 Å². The highest BCUT2D eigenvalue weighted by molar-refractivity contribution is 9.10. The highest BCUT2D eigenvalue weighted by Gasteiger charge is 2.14. The Labute approximate surface area is 218 Å². The molecule has 0 radical (unpaired) electrons. The zero-order valence-corrected chi connectivity index (χ0v) is 21.7. The van der Waals surface area contributed by atoms with Gasteiger partial charge in [-0.2, -0.15) is 10.4 Å². The minimum Gasteiger partial charge on any atom is -0.490 e. The van der Waals surface area contributed by atoms with E-state index in [1.807, 2.05) is 37.3 Å². The summed E-state index contributed by atoms with van der Waals surface area (Å²) in [7, 11) is 0. The van der Waals surface area contributed by atoms with Crippen molar-refractivity contribution in [3.63, 3.8) is 0 Å². The van der Waals surface area contributed by atoms with Crippen LogP contribution < -0.4 is 14.9 Å². The normalized spacial score (nSPS) is 10.9. The Hall–Kier alpha value is -3.61. The number of benzene rings is 3. The van der Waals surface area contributed by atoms with Gasteiger partial charge < -0.3 is 13.9 Å². The van der Waals surface area contributed by atoms with Crippen LogP contribution in [0.3, 0.4) is 0 Å². The summed E-state index contributed by atoms with van der Waals surface area (Å²) < 4.78 is 18.9. The molecule has 1 N–H and O–H groups in total. The van der Waals surface area contributed by atoms with Gasteiger partial charge in [0.05, 0.1) is 28.9 Å². The molecule has 3 aromatic carbocycles. The van der Waals surface area contributed by atoms with Crippen LogP contribution in [-0.2, 0) is 6.61 Å². The number of fused-ring (bicyclic) bond motifs is 1. The van der Waals surface area contributed by atoms with Gasteiger partial charge in [-0.25, -0.2) is 5.43 Å². The molecule has 9 heteroatoms. The van der Waals surface area contributed by atoms with E-state index in [0.29, 0.717) is 39.3 Å². The van der Waals surface area contributed by atoms with Crippen molar-refractivity contribution in [3.8, 4) is 17.6 Å². The first-order chi connectivity index (χ1) is 17.0. The number of ether oxygens (including phenoxy) is 2. The first-order valence-corrected chi connectivity index (χ1v) is 12.2. The SMILES string of the molecule is CCOc1cc(/C=N/NC(=O)c2cc3cc(Br)ccc3o2)cc(Br)c1OCc1ccccc1C#N. The van der Waals surface area contributed by atoms with Crippen LogP contribution in [0, 0.1) is 11.3 Å². The van der Waals surface area contributed by atoms with Gasteiger partial charge in [-0.1, -0.05) is 34.1 Å². The molecule has 0 saturated carbocycles. The average Bonchev–Trinajstić information content (AvgIpc) is 3.27. The van der Waals surface area contributed by atoms with Crippen molar-refractivity contribution in [2.75, 3.05) is 6.61 Å². The second-order valence-corrected chi connectivity index (χ2v) is 9.08. The number of halogens is 2. The highest BCUT2D eigenvalue weighted by Crippen LogP contribution is 2.37. The van der Waals surface area contributed by atoms with Gasteiger partial charge in [-0.05, 0) is 70.9 Å². The van der Waals surface area contributed by atoms with Gasteiger partial charge in [-0.3, -0.25) is 4.79 Å². The molecular weight excluding hydrogens is 578 g/mol. The minimum absolute atomic E-state index is 0.160. The lowest BCUT2D eigenvalue weighted by molar-refractivity contribution is 0.0929. The fourth-order valence-electron chi connectivity index (χ4n) is 3.32. The topological polar surface area (TPSA) is 96.8 Å². The third-order valence-electron chi connectivity index (χ3n) is 4.92. The van der Waals surface area contributed by atoms with E-state index in [1.54, 1.807) is 30.3 Å². The number of nitrogens with zero attached hydrogens (tertiary/aromatic N) is 2. The third kappa shape index (κ3) is 5.91.